The van der Waals surface area contributed by atoms with Gasteiger partial charge in [-0.25, -0.2) is 14.4 Å². The number of rotatable bonds is 6. The van der Waals surface area contributed by atoms with Crippen LogP contribution in [-0.4, -0.2) is 45.2 Å². The Hall–Kier alpha value is -2.45. The van der Waals surface area contributed by atoms with E-state index in [1.54, 1.807) is 19.2 Å². The topological polar surface area (TPSA) is 59.5 Å². The maximum Gasteiger partial charge on any atom is 0.166 e. The van der Waals surface area contributed by atoms with Crippen LogP contribution >= 0.6 is 15.9 Å². The molecule has 3 aromatic rings. The molecule has 6 nitrogen and oxygen atoms in total. The molecule has 0 atom stereocenters. The van der Waals surface area contributed by atoms with Gasteiger partial charge in [0.05, 0.1) is 30.3 Å². The number of nitrogens with one attached hydrogen (secondary N) is 1. The van der Waals surface area contributed by atoms with Crippen LogP contribution in [0.4, 0.5) is 15.9 Å². The molecule has 2 aromatic carbocycles. The molecule has 0 saturated carbocycles. The van der Waals surface area contributed by atoms with Crippen LogP contribution in [0.1, 0.15) is 100 Å². The van der Waals surface area contributed by atoms with Gasteiger partial charge in [0, 0.05) is 37.6 Å². The third-order valence-corrected chi connectivity index (χ3v) is 12.6. The number of likely N-dealkylation sites (tertiary alicyclic amines) is 1. The predicted octanol–water partition coefficient (Wildman–Crippen LogP) is 10.3. The molecular weight excluding hydrogens is 631 g/mol. The summed E-state index contributed by atoms with van der Waals surface area (Å²) in [6.45, 7) is 34.9. The van der Waals surface area contributed by atoms with Crippen LogP contribution in [0.3, 0.4) is 0 Å². The predicted molar refractivity (Wildman–Crippen MR) is 189 cm³/mol. The zero-order chi connectivity index (χ0) is 34.3. The Labute approximate surface area is 279 Å². The summed E-state index contributed by atoms with van der Waals surface area (Å²) >= 11 is 3.34. The molecule has 2 heterocycles. The summed E-state index contributed by atoms with van der Waals surface area (Å²) in [6, 6.07) is 4.92. The minimum Gasteiger partial charge on any atom is -0.493 e. The first-order valence-corrected chi connectivity index (χ1v) is 16.7. The van der Waals surface area contributed by atoms with Gasteiger partial charge in [-0.3, -0.25) is 4.90 Å². The van der Waals surface area contributed by atoms with Crippen molar-refractivity contribution in [2.75, 3.05) is 19.0 Å². The second kappa shape index (κ2) is 11.1. The lowest BCUT2D eigenvalue weighted by molar-refractivity contribution is -0.282. The highest BCUT2D eigenvalue weighted by Gasteiger charge is 2.71. The van der Waals surface area contributed by atoms with E-state index in [4.69, 9.17) is 19.4 Å². The normalized spacial score (nSPS) is 20.2. The number of fused-ring (bicyclic) bond motifs is 1. The van der Waals surface area contributed by atoms with E-state index < -0.39 is 0 Å². The first kappa shape index (κ1) is 35.4. The number of halogens is 2. The summed E-state index contributed by atoms with van der Waals surface area (Å²) in [5, 5.41) is 3.99. The van der Waals surface area contributed by atoms with Gasteiger partial charge in [0.2, 0.25) is 0 Å². The van der Waals surface area contributed by atoms with Crippen LogP contribution in [0.5, 0.6) is 11.5 Å². The summed E-state index contributed by atoms with van der Waals surface area (Å²) in [5.41, 5.74) is 1.84. The number of anilines is 2. The second-order valence-electron chi connectivity index (χ2n) is 16.2. The Kier molecular flexibility index (Phi) is 8.71. The van der Waals surface area contributed by atoms with Crippen molar-refractivity contribution in [2.45, 2.75) is 120 Å². The molecule has 1 aliphatic heterocycles. The number of benzene rings is 2. The maximum absolute atomic E-state index is 14.9. The largest absolute Gasteiger partial charge is 0.493 e. The number of aromatic nitrogens is 2. The van der Waals surface area contributed by atoms with Gasteiger partial charge < -0.3 is 14.8 Å². The Bertz CT molecular complexity index is 1610. The highest BCUT2D eigenvalue weighted by atomic mass is 79.9. The van der Waals surface area contributed by atoms with E-state index in [2.05, 4.69) is 109 Å². The molecule has 248 valence electrons. The van der Waals surface area contributed by atoms with E-state index in [-0.39, 0.29) is 38.7 Å². The van der Waals surface area contributed by atoms with Gasteiger partial charge >= 0.3 is 0 Å². The van der Waals surface area contributed by atoms with Crippen molar-refractivity contribution in [2.24, 2.45) is 16.2 Å². The molecule has 0 unspecified atom stereocenters. The Balaban J connectivity index is 1.87. The second-order valence-corrected chi connectivity index (χ2v) is 17.1. The van der Waals surface area contributed by atoms with Crippen molar-refractivity contribution in [1.82, 2.24) is 14.9 Å². The monoisotopic (exact) mass is 684 g/mol. The number of piperidine rings is 1. The van der Waals surface area contributed by atoms with E-state index in [1.165, 1.54) is 6.07 Å². The summed E-state index contributed by atoms with van der Waals surface area (Å²) in [6.07, 6.45) is 0. The molecule has 45 heavy (non-hydrogen) atoms. The number of hydrogen-bond acceptors (Lipinski definition) is 6. The van der Waals surface area contributed by atoms with E-state index in [0.717, 1.165) is 22.0 Å². The zero-order valence-corrected chi connectivity index (χ0v) is 31.9. The lowest BCUT2D eigenvalue weighted by Gasteiger charge is -2.76. The fourth-order valence-electron chi connectivity index (χ4n) is 8.63. The third kappa shape index (κ3) is 5.13. The quantitative estimate of drug-likeness (QED) is 0.279. The molecule has 0 spiro atoms. The van der Waals surface area contributed by atoms with Crippen LogP contribution in [-0.2, 0) is 0 Å². The molecular formula is C37H54BrFN4O2. The van der Waals surface area contributed by atoms with Gasteiger partial charge in [0.15, 0.2) is 11.5 Å². The highest BCUT2D eigenvalue weighted by Crippen LogP contribution is 2.68. The number of hydrogen-bond donors (Lipinski definition) is 1. The maximum atomic E-state index is 14.9. The minimum atomic E-state index is -0.378. The molecule has 1 aliphatic rings. The number of nitrogens with zero attached hydrogens (tertiary/aromatic N) is 3. The van der Waals surface area contributed by atoms with Crippen LogP contribution in [0.25, 0.3) is 10.9 Å². The van der Waals surface area contributed by atoms with Crippen molar-refractivity contribution in [1.29, 1.82) is 0 Å². The van der Waals surface area contributed by atoms with E-state index >= 15 is 0 Å². The number of ether oxygens (including phenoxy) is 2. The summed E-state index contributed by atoms with van der Waals surface area (Å²) in [7, 11) is 1.67. The lowest BCUT2D eigenvalue weighted by atomic mass is 9.40. The summed E-state index contributed by atoms with van der Waals surface area (Å²) < 4.78 is 28.6. The van der Waals surface area contributed by atoms with Crippen LogP contribution < -0.4 is 14.8 Å². The molecule has 1 fully saturated rings. The van der Waals surface area contributed by atoms with Crippen molar-refractivity contribution in [3.8, 4) is 11.5 Å². The Morgan fingerprint density at radius 3 is 1.91 bits per heavy atom. The van der Waals surface area contributed by atoms with Crippen LogP contribution in [0.2, 0.25) is 0 Å². The smallest absolute Gasteiger partial charge is 0.166 e. The molecule has 0 aliphatic carbocycles. The fourth-order valence-corrected chi connectivity index (χ4v) is 8.97. The first-order valence-electron chi connectivity index (χ1n) is 15.9. The van der Waals surface area contributed by atoms with E-state index in [0.29, 0.717) is 39.9 Å². The number of aryl methyl sites for hydroxylation is 3. The standard InChI is InChI=1S/C37H54BrFN4O2/c1-21-27-28(40-23(3)41-31(27)42-26-18-17-24(38)19-25(26)39)22(2)30(29(21)44-16)45-20-37(15)33(7,8)35(11,12)43(32(4,5)6)36(13,14)34(37,9)10/h17-19H,20H2,1-16H3,(H,40,41,42). The minimum absolute atomic E-state index is 0.0402. The van der Waals surface area contributed by atoms with Crippen LogP contribution in [0.15, 0.2) is 22.7 Å². The van der Waals surface area contributed by atoms with Crippen molar-refractivity contribution in [3.05, 3.63) is 45.4 Å². The van der Waals surface area contributed by atoms with Crippen LogP contribution in [0, 0.1) is 42.8 Å². The molecule has 0 amide bonds. The van der Waals surface area contributed by atoms with Gasteiger partial charge in [-0.1, -0.05) is 50.5 Å². The highest BCUT2D eigenvalue weighted by molar-refractivity contribution is 9.10. The molecule has 8 heteroatoms. The SMILES string of the molecule is COc1c(OCC2(C)C(C)(C)C(C)(C)N(C(C)(C)C)C(C)(C)C2(C)C)c(C)c2nc(C)nc(Nc3ccc(Br)cc3F)c2c1C. The molecule has 1 saturated heterocycles. The van der Waals surface area contributed by atoms with E-state index in [1.807, 2.05) is 20.8 Å². The lowest BCUT2D eigenvalue weighted by Crippen LogP contribution is -2.82. The van der Waals surface area contributed by atoms with Crippen molar-refractivity contribution < 1.29 is 13.9 Å². The molecule has 0 radical (unpaired) electrons. The zero-order valence-electron chi connectivity index (χ0n) is 30.4. The average molecular weight is 686 g/mol. The first-order chi connectivity index (χ1) is 20.4. The molecule has 1 N–H and O–H groups in total. The third-order valence-electron chi connectivity index (χ3n) is 12.1. The molecule has 1 aromatic heterocycles. The van der Waals surface area contributed by atoms with Gasteiger partial charge in [-0.05, 0) is 98.3 Å². The summed E-state index contributed by atoms with van der Waals surface area (Å²) in [5.74, 6) is 2.04. The molecule has 4 rings (SSSR count). The Morgan fingerprint density at radius 2 is 1.42 bits per heavy atom. The van der Waals surface area contributed by atoms with Gasteiger partial charge in [0.25, 0.3) is 0 Å². The van der Waals surface area contributed by atoms with Gasteiger partial charge in [-0.15, -0.1) is 0 Å². The van der Waals surface area contributed by atoms with Gasteiger partial charge in [-0.2, -0.15) is 0 Å². The van der Waals surface area contributed by atoms with E-state index in [9.17, 15) is 4.39 Å². The summed E-state index contributed by atoms with van der Waals surface area (Å²) in [4.78, 5) is 12.3. The van der Waals surface area contributed by atoms with Crippen molar-refractivity contribution in [3.63, 3.8) is 0 Å². The Morgan fingerprint density at radius 1 is 0.867 bits per heavy atom. The number of methoxy groups -OCH3 is 1. The average Bonchev–Trinajstić information content (AvgIpc) is 2.88. The van der Waals surface area contributed by atoms with Gasteiger partial charge in [0.1, 0.15) is 17.5 Å². The van der Waals surface area contributed by atoms with Crippen molar-refractivity contribution >= 4 is 38.3 Å². The fraction of sp³-hybridized carbons (Fsp3) is 0.622. The molecule has 0 bridgehead atoms.